The van der Waals surface area contributed by atoms with Crippen LogP contribution in [0.3, 0.4) is 0 Å². The predicted molar refractivity (Wildman–Crippen MR) is 61.5 cm³/mol. The number of carbonyl (C=O) groups is 1. The Hall–Kier alpha value is -0.790. The summed E-state index contributed by atoms with van der Waals surface area (Å²) in [5.41, 5.74) is 1.06. The van der Waals surface area contributed by atoms with Crippen molar-refractivity contribution in [3.63, 3.8) is 0 Å². The third-order valence-corrected chi connectivity index (χ3v) is 3.40. The van der Waals surface area contributed by atoms with E-state index in [0.717, 1.165) is 12.8 Å². The predicted octanol–water partition coefficient (Wildman–Crippen LogP) is 3.32. The van der Waals surface area contributed by atoms with Gasteiger partial charge in [0.2, 0.25) is 0 Å². The molecule has 2 nitrogen and oxygen atoms in total. The Morgan fingerprint density at radius 1 is 1.60 bits per heavy atom. The Labute approximate surface area is 92.7 Å². The summed E-state index contributed by atoms with van der Waals surface area (Å²) in [6.45, 7) is 10.1. The summed E-state index contributed by atoms with van der Waals surface area (Å²) in [6, 6.07) is 0. The molecule has 0 radical (unpaired) electrons. The van der Waals surface area contributed by atoms with E-state index in [2.05, 4.69) is 19.9 Å². The summed E-state index contributed by atoms with van der Waals surface area (Å²) in [7, 11) is 0. The van der Waals surface area contributed by atoms with E-state index in [1.165, 1.54) is 5.57 Å². The van der Waals surface area contributed by atoms with Gasteiger partial charge in [-0.25, -0.2) is 0 Å². The lowest BCUT2D eigenvalue weighted by molar-refractivity contribution is -0.162. The first-order chi connectivity index (χ1) is 6.86. The monoisotopic (exact) mass is 210 g/mol. The van der Waals surface area contributed by atoms with Crippen molar-refractivity contribution in [2.24, 2.45) is 11.3 Å². The SMILES string of the molecule is CC1=CCC(C)(C(=O)OC(C)C)C(C)C1. The maximum atomic E-state index is 12.0. The Balaban J connectivity index is 2.78. The highest BCUT2D eigenvalue weighted by atomic mass is 16.5. The van der Waals surface area contributed by atoms with Crippen molar-refractivity contribution in [2.45, 2.75) is 53.6 Å². The zero-order chi connectivity index (χ0) is 11.6. The molecule has 2 unspecified atom stereocenters. The van der Waals surface area contributed by atoms with E-state index < -0.39 is 0 Å². The maximum Gasteiger partial charge on any atom is 0.312 e. The molecule has 0 aromatic rings. The number of esters is 1. The fraction of sp³-hybridized carbons (Fsp3) is 0.769. The van der Waals surface area contributed by atoms with Crippen molar-refractivity contribution in [3.8, 4) is 0 Å². The number of rotatable bonds is 2. The molecule has 0 aromatic heterocycles. The highest BCUT2D eigenvalue weighted by Gasteiger charge is 2.41. The number of ether oxygens (including phenoxy) is 1. The smallest absolute Gasteiger partial charge is 0.312 e. The van der Waals surface area contributed by atoms with E-state index in [4.69, 9.17) is 4.74 Å². The Bertz CT molecular complexity index is 278. The van der Waals surface area contributed by atoms with Crippen molar-refractivity contribution >= 4 is 5.97 Å². The van der Waals surface area contributed by atoms with Gasteiger partial charge in [0, 0.05) is 0 Å². The van der Waals surface area contributed by atoms with E-state index in [9.17, 15) is 4.79 Å². The van der Waals surface area contributed by atoms with Crippen LogP contribution in [0.4, 0.5) is 0 Å². The quantitative estimate of drug-likeness (QED) is 0.516. The van der Waals surface area contributed by atoms with Gasteiger partial charge in [-0.1, -0.05) is 18.6 Å². The molecule has 0 spiro atoms. The number of carbonyl (C=O) groups excluding carboxylic acids is 1. The summed E-state index contributed by atoms with van der Waals surface area (Å²) >= 11 is 0. The van der Waals surface area contributed by atoms with Crippen LogP contribution < -0.4 is 0 Å². The summed E-state index contributed by atoms with van der Waals surface area (Å²) < 4.78 is 5.33. The van der Waals surface area contributed by atoms with Crippen molar-refractivity contribution < 1.29 is 9.53 Å². The van der Waals surface area contributed by atoms with Gasteiger partial charge < -0.3 is 4.74 Å². The van der Waals surface area contributed by atoms with E-state index in [1.807, 2.05) is 20.8 Å². The molecule has 0 aliphatic heterocycles. The molecule has 2 atom stereocenters. The molecule has 0 aromatic carbocycles. The minimum atomic E-state index is -0.330. The average molecular weight is 210 g/mol. The third-order valence-electron chi connectivity index (χ3n) is 3.40. The average Bonchev–Trinajstić information content (AvgIpc) is 2.11. The van der Waals surface area contributed by atoms with Crippen LogP contribution in [0.15, 0.2) is 11.6 Å². The topological polar surface area (TPSA) is 26.3 Å². The third kappa shape index (κ3) is 2.61. The summed E-state index contributed by atoms with van der Waals surface area (Å²) in [5, 5.41) is 0. The van der Waals surface area contributed by atoms with Crippen molar-refractivity contribution in [2.75, 3.05) is 0 Å². The van der Waals surface area contributed by atoms with E-state index in [1.54, 1.807) is 0 Å². The van der Waals surface area contributed by atoms with Gasteiger partial charge >= 0.3 is 5.97 Å². The molecule has 1 aliphatic carbocycles. The van der Waals surface area contributed by atoms with Crippen LogP contribution in [-0.2, 0) is 9.53 Å². The molecule has 0 N–H and O–H groups in total. The van der Waals surface area contributed by atoms with Crippen LogP contribution in [-0.4, -0.2) is 12.1 Å². The second-order valence-corrected chi connectivity index (χ2v) is 5.23. The Morgan fingerprint density at radius 2 is 2.20 bits per heavy atom. The maximum absolute atomic E-state index is 12.0. The molecule has 86 valence electrons. The van der Waals surface area contributed by atoms with Gasteiger partial charge in [-0.15, -0.1) is 0 Å². The molecule has 0 saturated heterocycles. The van der Waals surface area contributed by atoms with Gasteiger partial charge in [-0.2, -0.15) is 0 Å². The molecule has 1 aliphatic rings. The second-order valence-electron chi connectivity index (χ2n) is 5.23. The van der Waals surface area contributed by atoms with E-state index >= 15 is 0 Å². The van der Waals surface area contributed by atoms with E-state index in [0.29, 0.717) is 5.92 Å². The molecule has 2 heteroatoms. The normalized spacial score (nSPS) is 31.3. The first-order valence-electron chi connectivity index (χ1n) is 5.73. The zero-order valence-corrected chi connectivity index (χ0v) is 10.5. The lowest BCUT2D eigenvalue weighted by atomic mass is 9.69. The lowest BCUT2D eigenvalue weighted by Crippen LogP contribution is -2.38. The minimum Gasteiger partial charge on any atom is -0.463 e. The van der Waals surface area contributed by atoms with Gasteiger partial charge in [-0.05, 0) is 46.5 Å². The van der Waals surface area contributed by atoms with Crippen LogP contribution >= 0.6 is 0 Å². The fourth-order valence-corrected chi connectivity index (χ4v) is 2.01. The number of allylic oxidation sites excluding steroid dienone is 2. The summed E-state index contributed by atoms with van der Waals surface area (Å²) in [5.74, 6) is 0.322. The van der Waals surface area contributed by atoms with Gasteiger partial charge in [0.1, 0.15) is 0 Å². The molecule has 0 bridgehead atoms. The molecule has 0 heterocycles. The Morgan fingerprint density at radius 3 is 2.67 bits per heavy atom. The van der Waals surface area contributed by atoms with Crippen molar-refractivity contribution in [1.29, 1.82) is 0 Å². The van der Waals surface area contributed by atoms with Crippen LogP contribution in [0.25, 0.3) is 0 Å². The van der Waals surface area contributed by atoms with Gasteiger partial charge in [0.05, 0.1) is 11.5 Å². The second kappa shape index (κ2) is 4.38. The molecule has 1 rings (SSSR count). The lowest BCUT2D eigenvalue weighted by Gasteiger charge is -2.36. The van der Waals surface area contributed by atoms with Gasteiger partial charge in [-0.3, -0.25) is 4.79 Å². The molecular formula is C13H22O2. The van der Waals surface area contributed by atoms with E-state index in [-0.39, 0.29) is 17.5 Å². The van der Waals surface area contributed by atoms with Crippen LogP contribution in [0.5, 0.6) is 0 Å². The first-order valence-corrected chi connectivity index (χ1v) is 5.73. The zero-order valence-electron chi connectivity index (χ0n) is 10.5. The minimum absolute atomic E-state index is 0.0199. The number of hydrogen-bond acceptors (Lipinski definition) is 2. The van der Waals surface area contributed by atoms with Crippen LogP contribution in [0.2, 0.25) is 0 Å². The van der Waals surface area contributed by atoms with Crippen LogP contribution in [0.1, 0.15) is 47.5 Å². The highest BCUT2D eigenvalue weighted by molar-refractivity contribution is 5.77. The molecule has 0 saturated carbocycles. The molecule has 0 amide bonds. The molecule has 0 fully saturated rings. The van der Waals surface area contributed by atoms with Gasteiger partial charge in [0.15, 0.2) is 0 Å². The van der Waals surface area contributed by atoms with Crippen LogP contribution in [0, 0.1) is 11.3 Å². The summed E-state index contributed by atoms with van der Waals surface area (Å²) in [6.07, 6.45) is 3.96. The molecule has 15 heavy (non-hydrogen) atoms. The standard InChI is InChI=1S/C13H22O2/c1-9(2)15-12(14)13(5)7-6-10(3)8-11(13)4/h6,9,11H,7-8H2,1-5H3. The van der Waals surface area contributed by atoms with Gasteiger partial charge in [0.25, 0.3) is 0 Å². The highest BCUT2D eigenvalue weighted by Crippen LogP contribution is 2.41. The fourth-order valence-electron chi connectivity index (χ4n) is 2.01. The largest absolute Gasteiger partial charge is 0.463 e. The summed E-state index contributed by atoms with van der Waals surface area (Å²) in [4.78, 5) is 12.0. The van der Waals surface area contributed by atoms with Crippen molar-refractivity contribution in [1.82, 2.24) is 0 Å². The molecular weight excluding hydrogens is 188 g/mol. The Kier molecular flexibility index (Phi) is 3.58. The van der Waals surface area contributed by atoms with Crippen molar-refractivity contribution in [3.05, 3.63) is 11.6 Å². The number of hydrogen-bond donors (Lipinski definition) is 0. The first kappa shape index (κ1) is 12.3.